The van der Waals surface area contributed by atoms with E-state index < -0.39 is 5.91 Å². The fraction of sp³-hybridized carbons (Fsp3) is 0.125. The molecule has 0 unspecified atom stereocenters. The SMILES string of the molecule is COc1c(C(N)=O)cc(-c2cccc(NC(C)=O)c2)n2ncnc12. The Hall–Kier alpha value is -3.42. The number of hydrogen-bond acceptors (Lipinski definition) is 5. The predicted molar refractivity (Wildman–Crippen MR) is 87.8 cm³/mol. The van der Waals surface area contributed by atoms with Crippen molar-refractivity contribution in [3.63, 3.8) is 0 Å². The van der Waals surface area contributed by atoms with Crippen LogP contribution in [0.1, 0.15) is 17.3 Å². The number of hydrogen-bond donors (Lipinski definition) is 2. The van der Waals surface area contributed by atoms with Crippen molar-refractivity contribution >= 4 is 23.1 Å². The van der Waals surface area contributed by atoms with E-state index in [1.165, 1.54) is 20.4 Å². The highest BCUT2D eigenvalue weighted by Crippen LogP contribution is 2.30. The Kier molecular flexibility index (Phi) is 3.87. The second-order valence-electron chi connectivity index (χ2n) is 5.10. The van der Waals surface area contributed by atoms with Crippen molar-refractivity contribution in [3.05, 3.63) is 42.2 Å². The number of nitrogens with two attached hydrogens (primary N) is 1. The Morgan fingerprint density at radius 3 is 2.75 bits per heavy atom. The highest BCUT2D eigenvalue weighted by Gasteiger charge is 2.19. The molecule has 0 spiro atoms. The lowest BCUT2D eigenvalue weighted by Crippen LogP contribution is -2.14. The molecule has 0 saturated carbocycles. The van der Waals surface area contributed by atoms with Gasteiger partial charge in [0.05, 0.1) is 18.4 Å². The molecular formula is C16H15N5O3. The number of amides is 2. The number of rotatable bonds is 4. The Morgan fingerprint density at radius 2 is 2.08 bits per heavy atom. The third-order valence-electron chi connectivity index (χ3n) is 3.45. The fourth-order valence-electron chi connectivity index (χ4n) is 2.51. The van der Waals surface area contributed by atoms with Gasteiger partial charge in [-0.2, -0.15) is 5.10 Å². The molecule has 0 aliphatic carbocycles. The first-order valence-corrected chi connectivity index (χ1v) is 7.10. The van der Waals surface area contributed by atoms with Gasteiger partial charge < -0.3 is 15.8 Å². The molecule has 1 aromatic carbocycles. The Balaban J connectivity index is 2.25. The van der Waals surface area contributed by atoms with Crippen LogP contribution < -0.4 is 15.8 Å². The van der Waals surface area contributed by atoms with E-state index in [9.17, 15) is 9.59 Å². The zero-order valence-electron chi connectivity index (χ0n) is 13.1. The van der Waals surface area contributed by atoms with Gasteiger partial charge in [-0.3, -0.25) is 9.59 Å². The van der Waals surface area contributed by atoms with Crippen LogP contribution in [0.15, 0.2) is 36.7 Å². The maximum absolute atomic E-state index is 11.8. The van der Waals surface area contributed by atoms with E-state index in [2.05, 4.69) is 15.4 Å². The van der Waals surface area contributed by atoms with Crippen LogP contribution in [0.25, 0.3) is 16.9 Å². The number of carbonyl (C=O) groups excluding carboxylic acids is 2. The normalized spacial score (nSPS) is 10.6. The van der Waals surface area contributed by atoms with Gasteiger partial charge in [0, 0.05) is 18.2 Å². The van der Waals surface area contributed by atoms with Crippen molar-refractivity contribution in [2.45, 2.75) is 6.92 Å². The van der Waals surface area contributed by atoms with E-state index in [0.29, 0.717) is 17.0 Å². The number of fused-ring (bicyclic) bond motifs is 1. The summed E-state index contributed by atoms with van der Waals surface area (Å²) in [6.07, 6.45) is 1.36. The lowest BCUT2D eigenvalue weighted by atomic mass is 10.1. The summed E-state index contributed by atoms with van der Waals surface area (Å²) in [7, 11) is 1.44. The summed E-state index contributed by atoms with van der Waals surface area (Å²) in [6, 6.07) is 8.75. The molecule has 0 saturated heterocycles. The van der Waals surface area contributed by atoms with Gasteiger partial charge in [-0.05, 0) is 18.2 Å². The molecule has 2 aromatic heterocycles. The first-order valence-electron chi connectivity index (χ1n) is 7.10. The highest BCUT2D eigenvalue weighted by molar-refractivity contribution is 5.99. The lowest BCUT2D eigenvalue weighted by Gasteiger charge is -2.12. The quantitative estimate of drug-likeness (QED) is 0.754. The van der Waals surface area contributed by atoms with Crippen LogP contribution in [0.4, 0.5) is 5.69 Å². The summed E-state index contributed by atoms with van der Waals surface area (Å²) in [6.45, 7) is 1.43. The van der Waals surface area contributed by atoms with Gasteiger partial charge in [-0.1, -0.05) is 12.1 Å². The Labute approximate surface area is 137 Å². The fourth-order valence-corrected chi connectivity index (χ4v) is 2.51. The number of nitrogens with zero attached hydrogens (tertiary/aromatic N) is 3. The van der Waals surface area contributed by atoms with Gasteiger partial charge in [0.15, 0.2) is 11.4 Å². The minimum Gasteiger partial charge on any atom is -0.492 e. The van der Waals surface area contributed by atoms with E-state index in [1.54, 1.807) is 28.8 Å². The minimum atomic E-state index is -0.628. The van der Waals surface area contributed by atoms with Crippen molar-refractivity contribution in [3.8, 4) is 17.0 Å². The van der Waals surface area contributed by atoms with Crippen LogP contribution in [0.3, 0.4) is 0 Å². The lowest BCUT2D eigenvalue weighted by molar-refractivity contribution is -0.114. The molecule has 3 N–H and O–H groups in total. The molecule has 3 aromatic rings. The zero-order valence-corrected chi connectivity index (χ0v) is 13.1. The maximum atomic E-state index is 11.8. The summed E-state index contributed by atoms with van der Waals surface area (Å²) in [4.78, 5) is 27.2. The van der Waals surface area contributed by atoms with Gasteiger partial charge in [0.2, 0.25) is 5.91 Å². The molecule has 0 fully saturated rings. The van der Waals surface area contributed by atoms with Gasteiger partial charge in [-0.15, -0.1) is 0 Å². The van der Waals surface area contributed by atoms with Gasteiger partial charge in [-0.25, -0.2) is 9.50 Å². The molecule has 0 aliphatic rings. The first kappa shape index (κ1) is 15.5. The number of carbonyl (C=O) groups is 2. The van der Waals surface area contributed by atoms with Crippen LogP contribution in [-0.4, -0.2) is 33.5 Å². The van der Waals surface area contributed by atoms with Crippen LogP contribution >= 0.6 is 0 Å². The van der Waals surface area contributed by atoms with Crippen molar-refractivity contribution in [2.75, 3.05) is 12.4 Å². The average molecular weight is 325 g/mol. The largest absolute Gasteiger partial charge is 0.492 e. The van der Waals surface area contributed by atoms with E-state index in [0.717, 1.165) is 5.56 Å². The topological polar surface area (TPSA) is 112 Å². The number of methoxy groups -OCH3 is 1. The zero-order chi connectivity index (χ0) is 17.3. The summed E-state index contributed by atoms with van der Waals surface area (Å²) < 4.78 is 6.82. The van der Waals surface area contributed by atoms with E-state index >= 15 is 0 Å². The summed E-state index contributed by atoms with van der Waals surface area (Å²) in [5.74, 6) is -0.538. The van der Waals surface area contributed by atoms with E-state index in [1.807, 2.05) is 6.07 Å². The number of nitrogens with one attached hydrogen (secondary N) is 1. The van der Waals surface area contributed by atoms with E-state index in [-0.39, 0.29) is 17.2 Å². The van der Waals surface area contributed by atoms with Crippen molar-refractivity contribution in [1.82, 2.24) is 14.6 Å². The van der Waals surface area contributed by atoms with Gasteiger partial charge in [0.25, 0.3) is 5.91 Å². The predicted octanol–water partition coefficient (Wildman–Crippen LogP) is 1.46. The van der Waals surface area contributed by atoms with Crippen molar-refractivity contribution < 1.29 is 14.3 Å². The van der Waals surface area contributed by atoms with Crippen molar-refractivity contribution in [2.24, 2.45) is 5.73 Å². The number of primary amides is 1. The monoisotopic (exact) mass is 325 g/mol. The summed E-state index contributed by atoms with van der Waals surface area (Å²) in [5.41, 5.74) is 8.02. The third kappa shape index (κ3) is 2.65. The molecule has 0 aliphatic heterocycles. The molecular weight excluding hydrogens is 310 g/mol. The van der Waals surface area contributed by atoms with Crippen LogP contribution in [0, 0.1) is 0 Å². The highest BCUT2D eigenvalue weighted by atomic mass is 16.5. The van der Waals surface area contributed by atoms with Gasteiger partial charge in [0.1, 0.15) is 6.33 Å². The summed E-state index contributed by atoms with van der Waals surface area (Å²) in [5, 5.41) is 6.90. The number of aromatic nitrogens is 3. The Morgan fingerprint density at radius 1 is 1.29 bits per heavy atom. The number of ether oxygens (including phenoxy) is 1. The minimum absolute atomic E-state index is 0.175. The molecule has 8 heteroatoms. The third-order valence-corrected chi connectivity index (χ3v) is 3.45. The molecule has 0 radical (unpaired) electrons. The second kappa shape index (κ2) is 5.99. The standard InChI is InChI=1S/C16H15N5O3/c1-9(22)20-11-5-3-4-10(6-11)13-7-12(15(17)23)14(24-2)16-18-8-19-21(13)16/h3-8H,1-2H3,(H2,17,23)(H,20,22). The molecule has 2 heterocycles. The molecule has 3 rings (SSSR count). The van der Waals surface area contributed by atoms with Crippen LogP contribution in [0.2, 0.25) is 0 Å². The van der Waals surface area contributed by atoms with E-state index in [4.69, 9.17) is 10.5 Å². The molecule has 2 amide bonds. The number of anilines is 1. The first-order chi connectivity index (χ1) is 11.5. The van der Waals surface area contributed by atoms with Crippen LogP contribution in [0.5, 0.6) is 5.75 Å². The average Bonchev–Trinajstić information content (AvgIpc) is 3.02. The molecule has 24 heavy (non-hydrogen) atoms. The van der Waals surface area contributed by atoms with Gasteiger partial charge >= 0.3 is 0 Å². The van der Waals surface area contributed by atoms with Crippen molar-refractivity contribution in [1.29, 1.82) is 0 Å². The van der Waals surface area contributed by atoms with Crippen LogP contribution in [-0.2, 0) is 4.79 Å². The molecule has 0 bridgehead atoms. The molecule has 8 nitrogen and oxygen atoms in total. The molecule has 122 valence electrons. The maximum Gasteiger partial charge on any atom is 0.252 e. The number of pyridine rings is 1. The molecule has 0 atom stereocenters. The second-order valence-corrected chi connectivity index (χ2v) is 5.10. The Bertz CT molecular complexity index is 948. The number of benzene rings is 1. The summed E-state index contributed by atoms with van der Waals surface area (Å²) >= 11 is 0. The smallest absolute Gasteiger partial charge is 0.252 e.